The van der Waals surface area contributed by atoms with Gasteiger partial charge in [-0.1, -0.05) is 25.1 Å². The fourth-order valence-corrected chi connectivity index (χ4v) is 3.18. The largest absolute Gasteiger partial charge is 0.305 e. The van der Waals surface area contributed by atoms with Crippen LogP contribution in [0.15, 0.2) is 35.2 Å². The zero-order valence-electron chi connectivity index (χ0n) is 12.5. The van der Waals surface area contributed by atoms with Crippen molar-refractivity contribution in [1.82, 2.24) is 10.2 Å². The van der Waals surface area contributed by atoms with Gasteiger partial charge in [0.15, 0.2) is 0 Å². The number of carbonyl (C=O) groups is 2. The van der Waals surface area contributed by atoms with E-state index in [-0.39, 0.29) is 23.9 Å². The number of carbonyl (C=O) groups excluding carboxylic acids is 2. The van der Waals surface area contributed by atoms with Crippen molar-refractivity contribution in [1.29, 1.82) is 0 Å². The minimum Gasteiger partial charge on any atom is -0.305 e. The van der Waals surface area contributed by atoms with Crippen molar-refractivity contribution in [2.75, 3.05) is 12.3 Å². The third kappa shape index (κ3) is 4.08. The molecular weight excluding hydrogens is 284 g/mol. The van der Waals surface area contributed by atoms with Crippen molar-refractivity contribution >= 4 is 23.6 Å². The second kappa shape index (κ2) is 7.61. The van der Waals surface area contributed by atoms with E-state index < -0.39 is 0 Å². The lowest BCUT2D eigenvalue weighted by Crippen LogP contribution is -2.43. The smallest absolute Gasteiger partial charge is 0.247 e. The number of hydrogen-bond acceptors (Lipinski definition) is 4. The van der Waals surface area contributed by atoms with E-state index >= 15 is 0 Å². The monoisotopic (exact) mass is 306 g/mol. The maximum absolute atomic E-state index is 12.2. The van der Waals surface area contributed by atoms with Gasteiger partial charge in [0.05, 0.1) is 12.5 Å². The van der Waals surface area contributed by atoms with Gasteiger partial charge < -0.3 is 5.32 Å². The Kier molecular flexibility index (Phi) is 5.82. The highest BCUT2D eigenvalue weighted by Crippen LogP contribution is 2.19. The Bertz CT molecular complexity index is 492. The molecule has 2 atom stereocenters. The van der Waals surface area contributed by atoms with Gasteiger partial charge in [-0.15, -0.1) is 11.8 Å². The molecule has 1 N–H and O–H groups in total. The first-order chi connectivity index (χ1) is 10.1. The van der Waals surface area contributed by atoms with Crippen LogP contribution in [-0.2, 0) is 9.59 Å². The molecule has 1 fully saturated rings. The summed E-state index contributed by atoms with van der Waals surface area (Å²) in [7, 11) is 0. The Morgan fingerprint density at radius 2 is 2.05 bits per heavy atom. The van der Waals surface area contributed by atoms with Crippen LogP contribution in [0.4, 0.5) is 0 Å². The van der Waals surface area contributed by atoms with Gasteiger partial charge in [0.25, 0.3) is 0 Å². The van der Waals surface area contributed by atoms with Crippen LogP contribution >= 0.6 is 11.8 Å². The highest BCUT2D eigenvalue weighted by molar-refractivity contribution is 7.99. The zero-order valence-corrected chi connectivity index (χ0v) is 13.4. The normalized spacial score (nSPS) is 20.1. The first kappa shape index (κ1) is 16.0. The molecule has 1 aliphatic rings. The molecule has 5 heteroatoms. The lowest BCUT2D eigenvalue weighted by molar-refractivity contribution is -0.141. The van der Waals surface area contributed by atoms with E-state index in [1.807, 2.05) is 32.0 Å². The minimum absolute atomic E-state index is 0.00417. The SMILES string of the molecule is CCC(C)N1C(=O)CC(NCCSc2ccccc2)C1=O. The topological polar surface area (TPSA) is 49.4 Å². The maximum atomic E-state index is 12.2. The Labute approximate surface area is 130 Å². The van der Waals surface area contributed by atoms with Crippen molar-refractivity contribution in [3.63, 3.8) is 0 Å². The molecule has 21 heavy (non-hydrogen) atoms. The number of hydrogen-bond donors (Lipinski definition) is 1. The number of imide groups is 1. The molecule has 4 nitrogen and oxygen atoms in total. The zero-order chi connectivity index (χ0) is 15.2. The second-order valence-electron chi connectivity index (χ2n) is 5.23. The van der Waals surface area contributed by atoms with E-state index in [0.717, 1.165) is 18.7 Å². The average molecular weight is 306 g/mol. The summed E-state index contributed by atoms with van der Waals surface area (Å²) in [5.74, 6) is 0.757. The Morgan fingerprint density at radius 1 is 1.33 bits per heavy atom. The summed E-state index contributed by atoms with van der Waals surface area (Å²) in [6.07, 6.45) is 1.09. The molecular formula is C16H22N2O2S. The van der Waals surface area contributed by atoms with E-state index in [4.69, 9.17) is 0 Å². The van der Waals surface area contributed by atoms with Gasteiger partial charge >= 0.3 is 0 Å². The number of benzene rings is 1. The summed E-state index contributed by atoms with van der Waals surface area (Å²) in [5.41, 5.74) is 0. The van der Waals surface area contributed by atoms with E-state index in [1.54, 1.807) is 11.8 Å². The Balaban J connectivity index is 1.77. The summed E-state index contributed by atoms with van der Waals surface area (Å²) in [5, 5.41) is 3.21. The standard InChI is InChI=1S/C16H22N2O2S/c1-3-12(2)18-15(19)11-14(16(18)20)17-9-10-21-13-7-5-4-6-8-13/h4-8,12,14,17H,3,9-11H2,1-2H3. The lowest BCUT2D eigenvalue weighted by Gasteiger charge is -2.21. The number of rotatable bonds is 7. The molecule has 2 rings (SSSR count). The minimum atomic E-state index is -0.345. The van der Waals surface area contributed by atoms with Crippen molar-refractivity contribution in [2.24, 2.45) is 0 Å². The van der Waals surface area contributed by atoms with Gasteiger partial charge in [-0.3, -0.25) is 14.5 Å². The molecule has 0 radical (unpaired) electrons. The summed E-state index contributed by atoms with van der Waals surface area (Å²) in [4.78, 5) is 26.8. The first-order valence-corrected chi connectivity index (χ1v) is 8.39. The van der Waals surface area contributed by atoms with Gasteiger partial charge in [-0.2, -0.15) is 0 Å². The molecule has 0 spiro atoms. The number of amides is 2. The third-order valence-corrected chi connectivity index (χ3v) is 4.73. The van der Waals surface area contributed by atoms with E-state index in [9.17, 15) is 9.59 Å². The maximum Gasteiger partial charge on any atom is 0.247 e. The van der Waals surface area contributed by atoms with Gasteiger partial charge in [0.2, 0.25) is 11.8 Å². The Hall–Kier alpha value is -1.33. The number of likely N-dealkylation sites (tertiary alicyclic amines) is 1. The summed E-state index contributed by atoms with van der Waals surface area (Å²) >= 11 is 1.75. The van der Waals surface area contributed by atoms with Crippen molar-refractivity contribution in [3.05, 3.63) is 30.3 Å². The third-order valence-electron chi connectivity index (χ3n) is 3.72. The van der Waals surface area contributed by atoms with Gasteiger partial charge in [-0.25, -0.2) is 0 Å². The van der Waals surface area contributed by atoms with Crippen LogP contribution in [0.3, 0.4) is 0 Å². The highest BCUT2D eigenvalue weighted by Gasteiger charge is 2.40. The molecule has 1 aromatic carbocycles. The fraction of sp³-hybridized carbons (Fsp3) is 0.500. The summed E-state index contributed by atoms with van der Waals surface area (Å²) in [6, 6.07) is 9.81. The molecule has 0 aliphatic carbocycles. The van der Waals surface area contributed by atoms with Crippen molar-refractivity contribution < 1.29 is 9.59 Å². The van der Waals surface area contributed by atoms with Crippen LogP contribution in [0.2, 0.25) is 0 Å². The average Bonchev–Trinajstić information content (AvgIpc) is 2.78. The molecule has 2 amide bonds. The first-order valence-electron chi connectivity index (χ1n) is 7.40. The summed E-state index contributed by atoms with van der Waals surface area (Å²) < 4.78 is 0. The Morgan fingerprint density at radius 3 is 2.71 bits per heavy atom. The highest BCUT2D eigenvalue weighted by atomic mass is 32.2. The predicted molar refractivity (Wildman–Crippen MR) is 85.2 cm³/mol. The van der Waals surface area contributed by atoms with Gasteiger partial charge in [-0.05, 0) is 25.5 Å². The van der Waals surface area contributed by atoms with Crippen LogP contribution in [0.5, 0.6) is 0 Å². The van der Waals surface area contributed by atoms with Crippen LogP contribution in [0, 0.1) is 0 Å². The quantitative estimate of drug-likeness (QED) is 0.477. The lowest BCUT2D eigenvalue weighted by atomic mass is 10.2. The van der Waals surface area contributed by atoms with Crippen molar-refractivity contribution in [2.45, 2.75) is 43.7 Å². The van der Waals surface area contributed by atoms with Crippen LogP contribution in [0.1, 0.15) is 26.7 Å². The molecule has 2 unspecified atom stereocenters. The molecule has 1 aromatic rings. The number of nitrogens with one attached hydrogen (secondary N) is 1. The second-order valence-corrected chi connectivity index (χ2v) is 6.40. The van der Waals surface area contributed by atoms with Crippen LogP contribution in [-0.4, -0.2) is 41.1 Å². The number of thioether (sulfide) groups is 1. The molecule has 114 valence electrons. The van der Waals surface area contributed by atoms with Crippen LogP contribution < -0.4 is 5.32 Å². The fourth-order valence-electron chi connectivity index (χ4n) is 2.37. The molecule has 0 saturated carbocycles. The molecule has 0 aromatic heterocycles. The molecule has 1 aliphatic heterocycles. The van der Waals surface area contributed by atoms with E-state index in [0.29, 0.717) is 6.42 Å². The molecule has 1 heterocycles. The predicted octanol–water partition coefficient (Wildman–Crippen LogP) is 2.29. The molecule has 1 saturated heterocycles. The molecule has 0 bridgehead atoms. The summed E-state index contributed by atoms with van der Waals surface area (Å²) in [6.45, 7) is 4.63. The van der Waals surface area contributed by atoms with Gasteiger partial charge in [0, 0.05) is 23.2 Å². The van der Waals surface area contributed by atoms with E-state index in [1.165, 1.54) is 9.80 Å². The van der Waals surface area contributed by atoms with E-state index in [2.05, 4.69) is 17.4 Å². The van der Waals surface area contributed by atoms with Crippen LogP contribution in [0.25, 0.3) is 0 Å². The van der Waals surface area contributed by atoms with Gasteiger partial charge in [0.1, 0.15) is 0 Å². The van der Waals surface area contributed by atoms with Crippen molar-refractivity contribution in [3.8, 4) is 0 Å². The number of nitrogens with zero attached hydrogens (tertiary/aromatic N) is 1.